The average molecular weight is 264 g/mol. The number of aromatic nitrogens is 2. The van der Waals surface area contributed by atoms with Gasteiger partial charge in [-0.05, 0) is 19.8 Å². The number of nitrogens with two attached hydrogens (primary N) is 1. The molecule has 106 valence electrons. The fraction of sp³-hybridized carbons (Fsp3) is 0.714. The van der Waals surface area contributed by atoms with Gasteiger partial charge in [0.1, 0.15) is 17.5 Å². The molecule has 0 bridgehead atoms. The van der Waals surface area contributed by atoms with Crippen LogP contribution in [0.3, 0.4) is 0 Å². The van der Waals surface area contributed by atoms with Gasteiger partial charge in [-0.25, -0.2) is 9.97 Å². The average Bonchev–Trinajstić information content (AvgIpc) is 3.18. The summed E-state index contributed by atoms with van der Waals surface area (Å²) in [4.78, 5) is 11.4. The molecule has 0 saturated heterocycles. The van der Waals surface area contributed by atoms with Gasteiger partial charge in [0, 0.05) is 31.2 Å². The Morgan fingerprint density at radius 2 is 2.05 bits per heavy atom. The Morgan fingerprint density at radius 1 is 1.37 bits per heavy atom. The highest BCUT2D eigenvalue weighted by Crippen LogP contribution is 2.33. The topological polar surface area (TPSA) is 64.3 Å². The van der Waals surface area contributed by atoms with Crippen LogP contribution in [0.1, 0.15) is 44.0 Å². The summed E-state index contributed by atoms with van der Waals surface area (Å²) in [5, 5.41) is 0. The number of methoxy groups -OCH3 is 1. The Bertz CT molecular complexity index is 443. The maximum absolute atomic E-state index is 6.04. The van der Waals surface area contributed by atoms with Gasteiger partial charge < -0.3 is 15.4 Å². The smallest absolute Gasteiger partial charge is 0.137 e. The second-order valence-corrected chi connectivity index (χ2v) is 5.49. The largest absolute Gasteiger partial charge is 0.383 e. The van der Waals surface area contributed by atoms with Gasteiger partial charge >= 0.3 is 0 Å². The highest BCUT2D eigenvalue weighted by molar-refractivity contribution is 5.57. The lowest BCUT2D eigenvalue weighted by Gasteiger charge is -2.26. The minimum atomic E-state index is 0.283. The van der Waals surface area contributed by atoms with E-state index in [4.69, 9.17) is 15.5 Å². The maximum atomic E-state index is 6.04. The number of rotatable bonds is 6. The normalized spacial score (nSPS) is 15.0. The van der Waals surface area contributed by atoms with Crippen molar-refractivity contribution < 1.29 is 4.74 Å². The molecule has 0 radical (unpaired) electrons. The molecule has 2 rings (SSSR count). The van der Waals surface area contributed by atoms with Crippen molar-refractivity contribution in [3.63, 3.8) is 0 Å². The van der Waals surface area contributed by atoms with Gasteiger partial charge in [0.15, 0.2) is 0 Å². The van der Waals surface area contributed by atoms with Gasteiger partial charge in [0.2, 0.25) is 0 Å². The van der Waals surface area contributed by atoms with E-state index in [1.807, 2.05) is 6.92 Å². The molecule has 1 heterocycles. The molecule has 0 amide bonds. The molecule has 2 N–H and O–H groups in total. The maximum Gasteiger partial charge on any atom is 0.137 e. The quantitative estimate of drug-likeness (QED) is 0.852. The lowest BCUT2D eigenvalue weighted by Crippen LogP contribution is -2.31. The molecule has 5 heteroatoms. The molecular weight excluding hydrogens is 240 g/mol. The van der Waals surface area contributed by atoms with Crippen LogP contribution in [0.15, 0.2) is 0 Å². The first kappa shape index (κ1) is 14.1. The van der Waals surface area contributed by atoms with E-state index in [1.54, 1.807) is 7.11 Å². The zero-order valence-corrected chi connectivity index (χ0v) is 12.3. The van der Waals surface area contributed by atoms with E-state index in [0.29, 0.717) is 18.5 Å². The summed E-state index contributed by atoms with van der Waals surface area (Å²) < 4.78 is 5.20. The summed E-state index contributed by atoms with van der Waals surface area (Å²) in [7, 11) is 1.73. The second-order valence-electron chi connectivity index (χ2n) is 5.49. The van der Waals surface area contributed by atoms with Gasteiger partial charge in [-0.2, -0.15) is 0 Å². The molecule has 0 aliphatic heterocycles. The molecule has 0 unspecified atom stereocenters. The lowest BCUT2D eigenvalue weighted by atomic mass is 10.2. The summed E-state index contributed by atoms with van der Waals surface area (Å²) in [5.41, 5.74) is 7.02. The van der Waals surface area contributed by atoms with Gasteiger partial charge in [0.05, 0.1) is 6.61 Å². The number of hydrogen-bond acceptors (Lipinski definition) is 5. The number of ether oxygens (including phenoxy) is 1. The third kappa shape index (κ3) is 3.15. The van der Waals surface area contributed by atoms with Crippen LogP contribution < -0.4 is 10.6 Å². The van der Waals surface area contributed by atoms with Crippen molar-refractivity contribution in [2.24, 2.45) is 0 Å². The van der Waals surface area contributed by atoms with E-state index in [2.05, 4.69) is 23.7 Å². The standard InChI is InChI=1S/C14H24N4O/c1-9(2)13-16-12(15)10(3)14(17-13)18(7-8-19-4)11-5-6-11/h9,11H,5-8H2,1-4H3,(H2,15,16,17). The molecule has 1 aromatic rings. The van der Waals surface area contributed by atoms with Crippen LogP contribution in [-0.2, 0) is 4.74 Å². The minimum Gasteiger partial charge on any atom is -0.383 e. The fourth-order valence-electron chi connectivity index (χ4n) is 2.11. The summed E-state index contributed by atoms with van der Waals surface area (Å²) in [5.74, 6) is 2.68. The third-order valence-corrected chi connectivity index (χ3v) is 3.49. The van der Waals surface area contributed by atoms with E-state index in [0.717, 1.165) is 23.8 Å². The molecule has 0 atom stereocenters. The van der Waals surface area contributed by atoms with Crippen LogP contribution in [0.4, 0.5) is 11.6 Å². The lowest BCUT2D eigenvalue weighted by molar-refractivity contribution is 0.204. The zero-order valence-electron chi connectivity index (χ0n) is 12.3. The SMILES string of the molecule is COCCN(c1nc(C(C)C)nc(N)c1C)C1CC1. The van der Waals surface area contributed by atoms with Crippen LogP contribution in [0, 0.1) is 6.92 Å². The molecule has 5 nitrogen and oxygen atoms in total. The Kier molecular flexibility index (Phi) is 4.24. The number of nitrogens with zero attached hydrogens (tertiary/aromatic N) is 3. The Balaban J connectivity index is 2.34. The van der Waals surface area contributed by atoms with E-state index in [1.165, 1.54) is 12.8 Å². The first-order chi connectivity index (χ1) is 9.04. The molecular formula is C14H24N4O. The van der Waals surface area contributed by atoms with Crippen molar-refractivity contribution in [2.45, 2.75) is 45.6 Å². The van der Waals surface area contributed by atoms with Crippen LogP contribution in [0.25, 0.3) is 0 Å². The van der Waals surface area contributed by atoms with E-state index < -0.39 is 0 Å². The van der Waals surface area contributed by atoms with Crippen molar-refractivity contribution in [1.29, 1.82) is 0 Å². The highest BCUT2D eigenvalue weighted by atomic mass is 16.5. The number of nitrogen functional groups attached to an aromatic ring is 1. The Labute approximate surface area is 115 Å². The Hall–Kier alpha value is -1.36. The minimum absolute atomic E-state index is 0.283. The van der Waals surface area contributed by atoms with E-state index in [9.17, 15) is 0 Å². The fourth-order valence-corrected chi connectivity index (χ4v) is 2.11. The van der Waals surface area contributed by atoms with Crippen molar-refractivity contribution in [1.82, 2.24) is 9.97 Å². The van der Waals surface area contributed by atoms with Gasteiger partial charge in [-0.3, -0.25) is 0 Å². The number of anilines is 2. The first-order valence-electron chi connectivity index (χ1n) is 6.94. The number of hydrogen-bond donors (Lipinski definition) is 1. The predicted octanol–water partition coefficient (Wildman–Crippen LogP) is 2.11. The monoisotopic (exact) mass is 264 g/mol. The molecule has 1 aliphatic rings. The van der Waals surface area contributed by atoms with Gasteiger partial charge in [-0.1, -0.05) is 13.8 Å². The van der Waals surface area contributed by atoms with Crippen molar-refractivity contribution in [3.05, 3.63) is 11.4 Å². The van der Waals surface area contributed by atoms with Crippen molar-refractivity contribution in [3.8, 4) is 0 Å². The first-order valence-corrected chi connectivity index (χ1v) is 6.94. The van der Waals surface area contributed by atoms with Crippen LogP contribution >= 0.6 is 0 Å². The van der Waals surface area contributed by atoms with Gasteiger partial charge in [-0.15, -0.1) is 0 Å². The summed E-state index contributed by atoms with van der Waals surface area (Å²) >= 11 is 0. The van der Waals surface area contributed by atoms with E-state index >= 15 is 0 Å². The van der Waals surface area contributed by atoms with Crippen LogP contribution in [0.5, 0.6) is 0 Å². The summed E-state index contributed by atoms with van der Waals surface area (Å²) in [6.07, 6.45) is 2.45. The molecule has 1 aliphatic carbocycles. The summed E-state index contributed by atoms with van der Waals surface area (Å²) in [6, 6.07) is 0.586. The highest BCUT2D eigenvalue weighted by Gasteiger charge is 2.31. The zero-order chi connectivity index (χ0) is 14.0. The second kappa shape index (κ2) is 5.74. The summed E-state index contributed by atoms with van der Waals surface area (Å²) in [6.45, 7) is 7.73. The molecule has 19 heavy (non-hydrogen) atoms. The molecule has 0 aromatic carbocycles. The predicted molar refractivity (Wildman–Crippen MR) is 77.5 cm³/mol. The molecule has 1 aromatic heterocycles. The van der Waals surface area contributed by atoms with Crippen molar-refractivity contribution in [2.75, 3.05) is 30.9 Å². The Morgan fingerprint density at radius 3 is 2.58 bits per heavy atom. The van der Waals surface area contributed by atoms with Gasteiger partial charge in [0.25, 0.3) is 0 Å². The molecule has 1 fully saturated rings. The van der Waals surface area contributed by atoms with Crippen LogP contribution in [0.2, 0.25) is 0 Å². The van der Waals surface area contributed by atoms with Crippen LogP contribution in [-0.4, -0.2) is 36.3 Å². The van der Waals surface area contributed by atoms with E-state index in [-0.39, 0.29) is 5.92 Å². The van der Waals surface area contributed by atoms with Crippen molar-refractivity contribution >= 4 is 11.6 Å². The third-order valence-electron chi connectivity index (χ3n) is 3.49. The molecule has 1 saturated carbocycles. The molecule has 0 spiro atoms.